The largest absolute Gasteiger partial charge is 0.287 e. The number of para-hydroxylation sites is 1. The van der Waals surface area contributed by atoms with Gasteiger partial charge in [-0.25, -0.2) is 9.97 Å². The number of hydrogen-bond donors (Lipinski definition) is 0. The average Bonchev–Trinajstić information content (AvgIpc) is 2.69. The molecule has 4 rings (SSSR count). The maximum Gasteiger partial charge on any atom is 0.262 e. The molecule has 0 spiro atoms. The first-order valence-corrected chi connectivity index (χ1v) is 10.2. The van der Waals surface area contributed by atoms with Crippen LogP contribution in [0.2, 0.25) is 0 Å². The summed E-state index contributed by atoms with van der Waals surface area (Å²) in [6.07, 6.45) is 2.62. The number of thioether (sulfide) groups is 1. The van der Waals surface area contributed by atoms with Crippen molar-refractivity contribution in [2.75, 3.05) is 0 Å². The van der Waals surface area contributed by atoms with Gasteiger partial charge < -0.3 is 0 Å². The van der Waals surface area contributed by atoms with Crippen molar-refractivity contribution in [2.45, 2.75) is 37.7 Å². The Bertz CT molecular complexity index is 1290. The van der Waals surface area contributed by atoms with E-state index < -0.39 is 0 Å². The second kappa shape index (κ2) is 7.59. The Morgan fingerprint density at radius 2 is 1.89 bits per heavy atom. The van der Waals surface area contributed by atoms with Crippen LogP contribution in [0, 0.1) is 6.92 Å². The Balaban J connectivity index is 1.71. The predicted molar refractivity (Wildman–Crippen MR) is 112 cm³/mol. The molecule has 0 N–H and O–H groups in total. The Kier molecular flexibility index (Phi) is 5.00. The standard InChI is InChI=1S/C21H20N4O2S/c1-3-10-24-20(27)16-6-4-5-7-17(16)23-21(24)28-13-15-11-19(26)25-12-14(2)8-9-18(25)22-15/h4-9,11-12H,3,10,13H2,1-2H3. The molecule has 1 aromatic carbocycles. The van der Waals surface area contributed by atoms with Crippen LogP contribution in [0.15, 0.2) is 63.4 Å². The van der Waals surface area contributed by atoms with Gasteiger partial charge in [-0.15, -0.1) is 0 Å². The van der Waals surface area contributed by atoms with E-state index in [-0.39, 0.29) is 11.1 Å². The van der Waals surface area contributed by atoms with Gasteiger partial charge in [-0.3, -0.25) is 18.6 Å². The molecule has 28 heavy (non-hydrogen) atoms. The molecule has 0 bridgehead atoms. The van der Waals surface area contributed by atoms with Crippen LogP contribution in [-0.4, -0.2) is 18.9 Å². The molecule has 142 valence electrons. The molecule has 0 radical (unpaired) electrons. The van der Waals surface area contributed by atoms with Gasteiger partial charge in [0.15, 0.2) is 5.16 Å². The fourth-order valence-electron chi connectivity index (χ4n) is 3.15. The minimum Gasteiger partial charge on any atom is -0.287 e. The Morgan fingerprint density at radius 3 is 2.71 bits per heavy atom. The van der Waals surface area contributed by atoms with Gasteiger partial charge in [0.25, 0.3) is 11.1 Å². The van der Waals surface area contributed by atoms with Crippen molar-refractivity contribution in [3.05, 3.63) is 80.6 Å². The smallest absolute Gasteiger partial charge is 0.262 e. The molecule has 0 aliphatic carbocycles. The number of aryl methyl sites for hydroxylation is 1. The van der Waals surface area contributed by atoms with Crippen LogP contribution in [0.1, 0.15) is 24.6 Å². The maximum absolute atomic E-state index is 12.9. The average molecular weight is 392 g/mol. The number of benzene rings is 1. The number of hydrogen-bond acceptors (Lipinski definition) is 5. The number of fused-ring (bicyclic) bond motifs is 2. The quantitative estimate of drug-likeness (QED) is 0.385. The Labute approximate surface area is 165 Å². The summed E-state index contributed by atoms with van der Waals surface area (Å²) in [6, 6.07) is 12.7. The van der Waals surface area contributed by atoms with Crippen molar-refractivity contribution in [3.63, 3.8) is 0 Å². The van der Waals surface area contributed by atoms with Gasteiger partial charge in [-0.05, 0) is 37.1 Å². The summed E-state index contributed by atoms with van der Waals surface area (Å²) in [4.78, 5) is 34.5. The van der Waals surface area contributed by atoms with E-state index in [1.165, 1.54) is 11.8 Å². The van der Waals surface area contributed by atoms with E-state index in [0.29, 0.717) is 39.7 Å². The fourth-order valence-corrected chi connectivity index (χ4v) is 4.07. The van der Waals surface area contributed by atoms with E-state index in [1.807, 2.05) is 44.2 Å². The van der Waals surface area contributed by atoms with Crippen molar-refractivity contribution in [1.82, 2.24) is 18.9 Å². The second-order valence-corrected chi connectivity index (χ2v) is 7.62. The van der Waals surface area contributed by atoms with Crippen molar-refractivity contribution in [2.24, 2.45) is 0 Å². The lowest BCUT2D eigenvalue weighted by molar-refractivity contribution is 0.584. The van der Waals surface area contributed by atoms with Gasteiger partial charge >= 0.3 is 0 Å². The lowest BCUT2D eigenvalue weighted by atomic mass is 10.2. The monoisotopic (exact) mass is 392 g/mol. The van der Waals surface area contributed by atoms with Crippen molar-refractivity contribution in [1.29, 1.82) is 0 Å². The van der Waals surface area contributed by atoms with Crippen molar-refractivity contribution < 1.29 is 0 Å². The first kappa shape index (κ1) is 18.4. The number of aromatic nitrogens is 4. The second-order valence-electron chi connectivity index (χ2n) is 6.68. The summed E-state index contributed by atoms with van der Waals surface area (Å²) in [5, 5.41) is 1.27. The normalized spacial score (nSPS) is 11.4. The zero-order chi connectivity index (χ0) is 19.7. The lowest BCUT2D eigenvalue weighted by Crippen LogP contribution is -2.23. The third kappa shape index (κ3) is 3.45. The Hall–Kier alpha value is -2.93. The topological polar surface area (TPSA) is 69.3 Å². The first-order valence-electron chi connectivity index (χ1n) is 9.18. The first-order chi connectivity index (χ1) is 13.6. The maximum atomic E-state index is 12.9. The summed E-state index contributed by atoms with van der Waals surface area (Å²) in [6.45, 7) is 4.57. The van der Waals surface area contributed by atoms with Crippen molar-refractivity contribution >= 4 is 28.3 Å². The molecule has 4 aromatic rings. The van der Waals surface area contributed by atoms with E-state index in [4.69, 9.17) is 0 Å². The van der Waals surface area contributed by atoms with E-state index in [9.17, 15) is 9.59 Å². The molecule has 6 nitrogen and oxygen atoms in total. The molecule has 3 aromatic heterocycles. The third-order valence-corrected chi connectivity index (χ3v) is 5.49. The van der Waals surface area contributed by atoms with Crippen molar-refractivity contribution in [3.8, 4) is 0 Å². The summed E-state index contributed by atoms with van der Waals surface area (Å²) < 4.78 is 3.26. The van der Waals surface area contributed by atoms with Crippen LogP contribution >= 0.6 is 11.8 Å². The summed E-state index contributed by atoms with van der Waals surface area (Å²) in [7, 11) is 0. The molecule has 0 amide bonds. The zero-order valence-electron chi connectivity index (χ0n) is 15.8. The van der Waals surface area contributed by atoms with E-state index in [2.05, 4.69) is 9.97 Å². The van der Waals surface area contributed by atoms with Gasteiger partial charge in [0.1, 0.15) is 5.65 Å². The highest BCUT2D eigenvalue weighted by Gasteiger charge is 2.12. The van der Waals surface area contributed by atoms with Crippen LogP contribution in [0.4, 0.5) is 0 Å². The molecule has 0 aliphatic rings. The zero-order valence-corrected chi connectivity index (χ0v) is 16.6. The van der Waals surface area contributed by atoms with Crippen LogP contribution < -0.4 is 11.1 Å². The molecule has 0 atom stereocenters. The van der Waals surface area contributed by atoms with E-state index >= 15 is 0 Å². The molecule has 3 heterocycles. The van der Waals surface area contributed by atoms with E-state index in [0.717, 1.165) is 12.0 Å². The molecule has 0 unspecified atom stereocenters. The van der Waals surface area contributed by atoms with Crippen LogP contribution in [0.3, 0.4) is 0 Å². The Morgan fingerprint density at radius 1 is 1.07 bits per heavy atom. The highest BCUT2D eigenvalue weighted by molar-refractivity contribution is 7.98. The minimum atomic E-state index is -0.110. The van der Waals surface area contributed by atoms with Gasteiger partial charge in [0.05, 0.1) is 16.6 Å². The van der Waals surface area contributed by atoms with Gasteiger partial charge in [-0.2, -0.15) is 0 Å². The summed E-state index contributed by atoms with van der Waals surface area (Å²) in [5.74, 6) is 0.466. The van der Waals surface area contributed by atoms with Crippen LogP contribution in [-0.2, 0) is 12.3 Å². The van der Waals surface area contributed by atoms with Crippen LogP contribution in [0.25, 0.3) is 16.6 Å². The van der Waals surface area contributed by atoms with Crippen LogP contribution in [0.5, 0.6) is 0 Å². The molecule has 0 saturated carbocycles. The number of nitrogens with zero attached hydrogens (tertiary/aromatic N) is 4. The summed E-state index contributed by atoms with van der Waals surface area (Å²) >= 11 is 1.43. The highest BCUT2D eigenvalue weighted by Crippen LogP contribution is 2.21. The molecular weight excluding hydrogens is 372 g/mol. The highest BCUT2D eigenvalue weighted by atomic mass is 32.2. The van der Waals surface area contributed by atoms with E-state index in [1.54, 1.807) is 27.3 Å². The number of pyridine rings is 1. The molecule has 7 heteroatoms. The van der Waals surface area contributed by atoms with Gasteiger partial charge in [0.2, 0.25) is 0 Å². The third-order valence-electron chi connectivity index (χ3n) is 4.48. The SMILES string of the molecule is CCCn1c(SCc2cc(=O)n3cc(C)ccc3n2)nc2ccccc2c1=O. The minimum absolute atomic E-state index is 0.0306. The predicted octanol–water partition coefficient (Wildman–Crippen LogP) is 3.42. The lowest BCUT2D eigenvalue weighted by Gasteiger charge is -2.12. The summed E-state index contributed by atoms with van der Waals surface area (Å²) in [5.41, 5.74) is 2.83. The molecule has 0 saturated heterocycles. The molecule has 0 fully saturated rings. The fraction of sp³-hybridized carbons (Fsp3) is 0.238. The molecular formula is C21H20N4O2S. The van der Waals surface area contributed by atoms with Gasteiger partial charge in [-0.1, -0.05) is 36.9 Å². The molecule has 0 aliphatic heterocycles. The van der Waals surface area contributed by atoms with Gasteiger partial charge in [0, 0.05) is 24.6 Å². The number of rotatable bonds is 5.